The summed E-state index contributed by atoms with van der Waals surface area (Å²) in [5, 5.41) is 15.1. The number of anilines is 1. The molecule has 0 unspecified atom stereocenters. The van der Waals surface area contributed by atoms with E-state index in [1.165, 1.54) is 0 Å². The van der Waals surface area contributed by atoms with Crippen LogP contribution < -0.4 is 10.6 Å². The zero-order valence-electron chi connectivity index (χ0n) is 14.7. The van der Waals surface area contributed by atoms with Crippen LogP contribution in [0.3, 0.4) is 0 Å². The Bertz CT molecular complexity index is 719. The summed E-state index contributed by atoms with van der Waals surface area (Å²) in [5.41, 5.74) is 2.43. The number of aliphatic hydroxyl groups is 1. The van der Waals surface area contributed by atoms with Gasteiger partial charge in [0.1, 0.15) is 0 Å². The molecule has 0 radical (unpaired) electrons. The molecule has 0 aliphatic heterocycles. The van der Waals surface area contributed by atoms with Crippen LogP contribution >= 0.6 is 0 Å². The first-order chi connectivity index (χ1) is 11.8. The largest absolute Gasteiger partial charge is 0.387 e. The van der Waals surface area contributed by atoms with Gasteiger partial charge in [0, 0.05) is 12.2 Å². The molecule has 1 atom stereocenters. The minimum atomic E-state index is -0.873. The van der Waals surface area contributed by atoms with E-state index in [4.69, 9.17) is 0 Å². The van der Waals surface area contributed by atoms with Crippen molar-refractivity contribution in [2.24, 2.45) is 0 Å². The average molecular weight is 340 g/mol. The summed E-state index contributed by atoms with van der Waals surface area (Å²) in [5.74, 6) is -1.55. The minimum absolute atomic E-state index is 0.0318. The molecule has 0 aliphatic carbocycles. The average Bonchev–Trinajstić information content (AvgIpc) is 2.59. The van der Waals surface area contributed by atoms with E-state index in [0.29, 0.717) is 11.3 Å². The Morgan fingerprint density at radius 3 is 2.12 bits per heavy atom. The van der Waals surface area contributed by atoms with Crippen LogP contribution in [0.4, 0.5) is 5.69 Å². The van der Waals surface area contributed by atoms with Crippen molar-refractivity contribution in [3.05, 3.63) is 65.7 Å². The number of rotatable bonds is 4. The van der Waals surface area contributed by atoms with Gasteiger partial charge in [0.05, 0.1) is 6.10 Å². The molecule has 0 saturated carbocycles. The van der Waals surface area contributed by atoms with E-state index >= 15 is 0 Å². The third-order valence-corrected chi connectivity index (χ3v) is 3.86. The van der Waals surface area contributed by atoms with Crippen molar-refractivity contribution in [1.82, 2.24) is 5.32 Å². The number of aliphatic hydroxyl groups excluding tert-OH is 1. The highest BCUT2D eigenvalue weighted by Crippen LogP contribution is 2.23. The lowest BCUT2D eigenvalue weighted by molar-refractivity contribution is -0.136. The molecule has 2 aromatic carbocycles. The molecular weight excluding hydrogens is 316 g/mol. The van der Waals surface area contributed by atoms with Gasteiger partial charge in [0.25, 0.3) is 0 Å². The van der Waals surface area contributed by atoms with Gasteiger partial charge in [-0.05, 0) is 28.7 Å². The number of hydrogen-bond acceptors (Lipinski definition) is 3. The van der Waals surface area contributed by atoms with E-state index < -0.39 is 17.9 Å². The van der Waals surface area contributed by atoms with Crippen LogP contribution in [0.25, 0.3) is 0 Å². The van der Waals surface area contributed by atoms with Crippen LogP contribution in [0.15, 0.2) is 54.6 Å². The lowest BCUT2D eigenvalue weighted by Gasteiger charge is -2.20. The molecule has 132 valence electrons. The Kier molecular flexibility index (Phi) is 5.93. The molecule has 2 amide bonds. The molecule has 0 heterocycles. The molecule has 5 heteroatoms. The van der Waals surface area contributed by atoms with Gasteiger partial charge in [0.15, 0.2) is 0 Å². The molecule has 0 spiro atoms. The number of amides is 2. The molecule has 3 N–H and O–H groups in total. The number of para-hydroxylation sites is 1. The Balaban J connectivity index is 1.87. The summed E-state index contributed by atoms with van der Waals surface area (Å²) in [7, 11) is 0. The molecule has 2 aromatic rings. The van der Waals surface area contributed by atoms with Gasteiger partial charge in [-0.15, -0.1) is 0 Å². The van der Waals surface area contributed by atoms with Crippen LogP contribution in [-0.2, 0) is 15.0 Å². The normalized spacial score (nSPS) is 12.3. The Morgan fingerprint density at radius 1 is 0.960 bits per heavy atom. The van der Waals surface area contributed by atoms with Crippen molar-refractivity contribution in [2.75, 3.05) is 11.9 Å². The fourth-order valence-electron chi connectivity index (χ4n) is 2.30. The zero-order valence-corrected chi connectivity index (χ0v) is 14.7. The summed E-state index contributed by atoms with van der Waals surface area (Å²) < 4.78 is 0. The van der Waals surface area contributed by atoms with Gasteiger partial charge in [-0.2, -0.15) is 0 Å². The van der Waals surface area contributed by atoms with E-state index in [1.54, 1.807) is 24.3 Å². The van der Waals surface area contributed by atoms with Crippen molar-refractivity contribution in [1.29, 1.82) is 0 Å². The highest BCUT2D eigenvalue weighted by Gasteiger charge is 2.17. The third kappa shape index (κ3) is 5.43. The number of hydrogen-bond donors (Lipinski definition) is 3. The van der Waals surface area contributed by atoms with Crippen LogP contribution in [0, 0.1) is 0 Å². The highest BCUT2D eigenvalue weighted by molar-refractivity contribution is 6.39. The second-order valence-electron chi connectivity index (χ2n) is 6.92. The summed E-state index contributed by atoms with van der Waals surface area (Å²) in [6.07, 6.45) is -0.873. The van der Waals surface area contributed by atoms with E-state index in [9.17, 15) is 14.7 Å². The van der Waals surface area contributed by atoms with Gasteiger partial charge in [-0.3, -0.25) is 9.59 Å². The van der Waals surface area contributed by atoms with Gasteiger partial charge in [-0.1, -0.05) is 63.2 Å². The predicted molar refractivity (Wildman–Crippen MR) is 98.2 cm³/mol. The first-order valence-electron chi connectivity index (χ1n) is 8.20. The third-order valence-electron chi connectivity index (χ3n) is 3.86. The maximum Gasteiger partial charge on any atom is 0.313 e. The van der Waals surface area contributed by atoms with Gasteiger partial charge < -0.3 is 15.7 Å². The lowest BCUT2D eigenvalue weighted by Crippen LogP contribution is -2.37. The second-order valence-corrected chi connectivity index (χ2v) is 6.92. The molecule has 0 bridgehead atoms. The van der Waals surface area contributed by atoms with Crippen molar-refractivity contribution in [3.63, 3.8) is 0 Å². The monoisotopic (exact) mass is 340 g/mol. The molecule has 0 aliphatic rings. The van der Waals surface area contributed by atoms with Crippen molar-refractivity contribution in [2.45, 2.75) is 32.3 Å². The van der Waals surface area contributed by atoms with Crippen molar-refractivity contribution in [3.8, 4) is 0 Å². The van der Waals surface area contributed by atoms with E-state index in [0.717, 1.165) is 5.56 Å². The highest BCUT2D eigenvalue weighted by atomic mass is 16.3. The molecule has 5 nitrogen and oxygen atoms in total. The van der Waals surface area contributed by atoms with Crippen LogP contribution in [0.5, 0.6) is 0 Å². The van der Waals surface area contributed by atoms with E-state index in [1.807, 2.05) is 30.3 Å². The van der Waals surface area contributed by atoms with Crippen LogP contribution in [0.2, 0.25) is 0 Å². The van der Waals surface area contributed by atoms with E-state index in [-0.39, 0.29) is 12.0 Å². The zero-order chi connectivity index (χ0) is 18.4. The topological polar surface area (TPSA) is 78.4 Å². The first kappa shape index (κ1) is 18.7. The van der Waals surface area contributed by atoms with Crippen molar-refractivity contribution >= 4 is 17.5 Å². The SMILES string of the molecule is CC(C)(C)c1ccc([C@H](O)CNC(=O)C(=O)Nc2ccccc2)cc1. The molecule has 0 saturated heterocycles. The van der Waals surface area contributed by atoms with Crippen LogP contribution in [0.1, 0.15) is 38.0 Å². The standard InChI is InChI=1S/C20H24N2O3/c1-20(2,3)15-11-9-14(10-12-15)17(23)13-21-18(24)19(25)22-16-7-5-4-6-8-16/h4-12,17,23H,13H2,1-3H3,(H,21,24)(H,22,25)/t17-/m1/s1. The number of nitrogens with one attached hydrogen (secondary N) is 2. The van der Waals surface area contributed by atoms with Gasteiger partial charge in [0.2, 0.25) is 0 Å². The van der Waals surface area contributed by atoms with E-state index in [2.05, 4.69) is 31.4 Å². The number of benzene rings is 2. The summed E-state index contributed by atoms with van der Waals surface area (Å²) in [4.78, 5) is 23.6. The van der Waals surface area contributed by atoms with Crippen molar-refractivity contribution < 1.29 is 14.7 Å². The molecule has 0 fully saturated rings. The maximum atomic E-state index is 11.8. The fraction of sp³-hybridized carbons (Fsp3) is 0.300. The Hall–Kier alpha value is -2.66. The Labute approximate surface area is 148 Å². The smallest absolute Gasteiger partial charge is 0.313 e. The second kappa shape index (κ2) is 7.94. The fourth-order valence-corrected chi connectivity index (χ4v) is 2.30. The molecule has 2 rings (SSSR count). The molecule has 0 aromatic heterocycles. The predicted octanol–water partition coefficient (Wildman–Crippen LogP) is 2.77. The summed E-state index contributed by atoms with van der Waals surface area (Å²) in [6.45, 7) is 6.31. The molecule has 25 heavy (non-hydrogen) atoms. The quantitative estimate of drug-likeness (QED) is 0.749. The summed E-state index contributed by atoms with van der Waals surface area (Å²) in [6, 6.07) is 16.3. The van der Waals surface area contributed by atoms with Crippen LogP contribution in [-0.4, -0.2) is 23.5 Å². The Morgan fingerprint density at radius 2 is 1.56 bits per heavy atom. The maximum absolute atomic E-state index is 11.8. The van der Waals surface area contributed by atoms with Gasteiger partial charge >= 0.3 is 11.8 Å². The molecular formula is C20H24N2O3. The van der Waals surface area contributed by atoms with Gasteiger partial charge in [-0.25, -0.2) is 0 Å². The lowest BCUT2D eigenvalue weighted by atomic mass is 9.86. The minimum Gasteiger partial charge on any atom is -0.387 e. The number of carbonyl (C=O) groups excluding carboxylic acids is 2. The summed E-state index contributed by atoms with van der Waals surface area (Å²) >= 11 is 0. The number of carbonyl (C=O) groups is 2. The first-order valence-corrected chi connectivity index (χ1v) is 8.20.